The van der Waals surface area contributed by atoms with Crippen molar-refractivity contribution in [2.75, 3.05) is 45.9 Å². The van der Waals surface area contributed by atoms with Crippen LogP contribution in [0.5, 0.6) is 0 Å². The van der Waals surface area contributed by atoms with Crippen LogP contribution < -0.4 is 5.32 Å². The number of aromatic nitrogens is 2. The fraction of sp³-hybridized carbons (Fsp3) is 0.526. The molecule has 0 spiro atoms. The topological polar surface area (TPSA) is 53.2 Å². The van der Waals surface area contributed by atoms with Gasteiger partial charge in [0.1, 0.15) is 0 Å². The van der Waals surface area contributed by atoms with E-state index in [1.54, 1.807) is 0 Å². The van der Waals surface area contributed by atoms with Crippen LogP contribution in [0.2, 0.25) is 0 Å². The second kappa shape index (κ2) is 10.3. The van der Waals surface area contributed by atoms with E-state index in [1.807, 2.05) is 0 Å². The molecular formula is C19H28Cl2N4O. The summed E-state index contributed by atoms with van der Waals surface area (Å²) < 4.78 is 5.70. The molecule has 0 aliphatic carbocycles. The molecule has 1 atom stereocenters. The molecular weight excluding hydrogens is 371 g/mol. The van der Waals surface area contributed by atoms with Gasteiger partial charge in [-0.05, 0) is 6.42 Å². The van der Waals surface area contributed by atoms with Gasteiger partial charge in [0.2, 0.25) is 0 Å². The van der Waals surface area contributed by atoms with Crippen LogP contribution >= 0.6 is 24.8 Å². The van der Waals surface area contributed by atoms with Gasteiger partial charge in [-0.25, -0.2) is 0 Å². The Bertz CT molecular complexity index is 657. The Morgan fingerprint density at radius 1 is 1.12 bits per heavy atom. The highest BCUT2D eigenvalue weighted by Gasteiger charge is 2.22. The smallest absolute Gasteiger partial charge is 0.0955 e. The summed E-state index contributed by atoms with van der Waals surface area (Å²) in [5.41, 5.74) is 5.06. The molecule has 2 aliphatic heterocycles. The van der Waals surface area contributed by atoms with Crippen molar-refractivity contribution in [2.24, 2.45) is 5.92 Å². The summed E-state index contributed by atoms with van der Waals surface area (Å²) in [6.07, 6.45) is 2.12. The number of nitrogens with one attached hydrogen (secondary N) is 2. The van der Waals surface area contributed by atoms with Crippen LogP contribution in [0.1, 0.15) is 11.3 Å². The summed E-state index contributed by atoms with van der Waals surface area (Å²) in [6, 6.07) is 10.5. The number of halogens is 2. The lowest BCUT2D eigenvalue weighted by molar-refractivity contribution is 0.105. The van der Waals surface area contributed by atoms with Gasteiger partial charge in [-0.2, -0.15) is 5.10 Å². The Kier molecular flexibility index (Phi) is 8.38. The first-order valence-corrected chi connectivity index (χ1v) is 9.02. The van der Waals surface area contributed by atoms with Gasteiger partial charge < -0.3 is 15.0 Å². The van der Waals surface area contributed by atoms with Gasteiger partial charge >= 0.3 is 0 Å². The third kappa shape index (κ3) is 4.99. The Morgan fingerprint density at radius 2 is 1.92 bits per heavy atom. The van der Waals surface area contributed by atoms with E-state index in [0.29, 0.717) is 5.92 Å². The van der Waals surface area contributed by atoms with E-state index in [0.717, 1.165) is 64.5 Å². The van der Waals surface area contributed by atoms with Gasteiger partial charge in [0, 0.05) is 61.9 Å². The number of fused-ring (bicyclic) bond motifs is 1. The zero-order valence-electron chi connectivity index (χ0n) is 14.9. The highest BCUT2D eigenvalue weighted by Crippen LogP contribution is 2.26. The predicted octanol–water partition coefficient (Wildman–Crippen LogP) is 2.56. The first kappa shape index (κ1) is 21.2. The van der Waals surface area contributed by atoms with Crippen molar-refractivity contribution < 1.29 is 4.74 Å². The maximum absolute atomic E-state index is 5.70. The molecule has 1 saturated heterocycles. The molecule has 1 aromatic heterocycles. The zero-order valence-corrected chi connectivity index (χ0v) is 16.6. The summed E-state index contributed by atoms with van der Waals surface area (Å²) in [6.45, 7) is 7.08. The second-order valence-corrected chi connectivity index (χ2v) is 6.84. The molecule has 144 valence electrons. The minimum Gasteiger partial charge on any atom is -0.380 e. The lowest BCUT2D eigenvalue weighted by Crippen LogP contribution is -2.37. The van der Waals surface area contributed by atoms with Crippen LogP contribution in [0.3, 0.4) is 0 Å². The van der Waals surface area contributed by atoms with Crippen molar-refractivity contribution in [3.05, 3.63) is 41.6 Å². The molecule has 0 bridgehead atoms. The zero-order chi connectivity index (χ0) is 16.2. The van der Waals surface area contributed by atoms with E-state index < -0.39 is 0 Å². The summed E-state index contributed by atoms with van der Waals surface area (Å²) >= 11 is 0. The first-order valence-electron chi connectivity index (χ1n) is 9.02. The van der Waals surface area contributed by atoms with Crippen LogP contribution in [0.25, 0.3) is 11.3 Å². The summed E-state index contributed by atoms with van der Waals surface area (Å²) in [5, 5.41) is 11.4. The highest BCUT2D eigenvalue weighted by molar-refractivity contribution is 5.85. The van der Waals surface area contributed by atoms with Gasteiger partial charge in [-0.15, -0.1) is 24.8 Å². The monoisotopic (exact) mass is 398 g/mol. The van der Waals surface area contributed by atoms with Crippen molar-refractivity contribution in [2.45, 2.75) is 12.8 Å². The van der Waals surface area contributed by atoms with Gasteiger partial charge in [-0.1, -0.05) is 30.3 Å². The fourth-order valence-electron chi connectivity index (χ4n) is 3.79. The summed E-state index contributed by atoms with van der Waals surface area (Å²) in [7, 11) is 0. The molecule has 1 unspecified atom stereocenters. The lowest BCUT2D eigenvalue weighted by atomic mass is 10.0. The molecule has 1 fully saturated rings. The molecule has 0 radical (unpaired) electrons. The van der Waals surface area contributed by atoms with Crippen LogP contribution in [0.15, 0.2) is 30.3 Å². The lowest BCUT2D eigenvalue weighted by Gasteiger charge is -2.25. The number of rotatable bonds is 3. The fourth-order valence-corrected chi connectivity index (χ4v) is 3.79. The average molecular weight is 399 g/mol. The minimum atomic E-state index is 0. The van der Waals surface area contributed by atoms with E-state index in [-0.39, 0.29) is 24.8 Å². The van der Waals surface area contributed by atoms with E-state index in [2.05, 4.69) is 50.7 Å². The third-order valence-corrected chi connectivity index (χ3v) is 5.08. The van der Waals surface area contributed by atoms with Crippen molar-refractivity contribution in [3.8, 4) is 11.3 Å². The number of H-pyrrole nitrogens is 1. The Balaban J connectivity index is 0.00000121. The number of hydrogen-bond acceptors (Lipinski definition) is 4. The molecule has 5 nitrogen and oxygen atoms in total. The van der Waals surface area contributed by atoms with Crippen molar-refractivity contribution in [1.82, 2.24) is 20.4 Å². The molecule has 2 aromatic rings. The van der Waals surface area contributed by atoms with E-state index >= 15 is 0 Å². The number of ether oxygens (including phenoxy) is 1. The summed E-state index contributed by atoms with van der Waals surface area (Å²) in [4.78, 5) is 2.59. The van der Waals surface area contributed by atoms with Gasteiger partial charge in [-0.3, -0.25) is 5.10 Å². The third-order valence-electron chi connectivity index (χ3n) is 5.08. The molecule has 2 aliphatic rings. The standard InChI is InChI=1S/C19H26N4O.2ClH/c1-2-4-16(5-3-1)19-17-6-9-23(10-7-18(17)21-22-19)13-15-12-20-8-11-24-14-15;;/h1-5,15,20H,6-14H2,(H,21,22);2*1H. The van der Waals surface area contributed by atoms with Crippen LogP contribution in [0, 0.1) is 5.92 Å². The maximum atomic E-state index is 5.70. The predicted molar refractivity (Wildman–Crippen MR) is 110 cm³/mol. The molecule has 26 heavy (non-hydrogen) atoms. The van der Waals surface area contributed by atoms with Gasteiger partial charge in [0.25, 0.3) is 0 Å². The Hall–Kier alpha value is -1.11. The largest absolute Gasteiger partial charge is 0.380 e. The van der Waals surface area contributed by atoms with Crippen LogP contribution in [-0.4, -0.2) is 61.0 Å². The van der Waals surface area contributed by atoms with Crippen LogP contribution in [0.4, 0.5) is 0 Å². The van der Waals surface area contributed by atoms with Crippen molar-refractivity contribution in [1.29, 1.82) is 0 Å². The van der Waals surface area contributed by atoms with E-state index in [1.165, 1.54) is 16.8 Å². The van der Waals surface area contributed by atoms with Crippen molar-refractivity contribution in [3.63, 3.8) is 0 Å². The molecule has 0 amide bonds. The minimum absolute atomic E-state index is 0. The SMILES string of the molecule is Cl.Cl.c1ccc(-c2n[nH]c3c2CCN(CC2CNCCOC2)CC3)cc1. The highest BCUT2D eigenvalue weighted by atomic mass is 35.5. The van der Waals surface area contributed by atoms with E-state index in [9.17, 15) is 0 Å². The van der Waals surface area contributed by atoms with Crippen LogP contribution in [-0.2, 0) is 17.6 Å². The Morgan fingerprint density at radius 3 is 2.77 bits per heavy atom. The number of hydrogen-bond donors (Lipinski definition) is 2. The number of benzene rings is 1. The molecule has 3 heterocycles. The molecule has 1 aromatic carbocycles. The quantitative estimate of drug-likeness (QED) is 0.833. The normalized spacial score (nSPS) is 20.8. The number of nitrogens with zero attached hydrogens (tertiary/aromatic N) is 2. The average Bonchev–Trinajstić information content (AvgIpc) is 2.78. The number of aromatic amines is 1. The molecule has 0 saturated carbocycles. The molecule has 7 heteroatoms. The van der Waals surface area contributed by atoms with Crippen molar-refractivity contribution >= 4 is 24.8 Å². The first-order chi connectivity index (χ1) is 11.9. The summed E-state index contributed by atoms with van der Waals surface area (Å²) in [5.74, 6) is 0.593. The Labute approximate surface area is 167 Å². The second-order valence-electron chi connectivity index (χ2n) is 6.84. The molecule has 2 N–H and O–H groups in total. The maximum Gasteiger partial charge on any atom is 0.0955 e. The van der Waals surface area contributed by atoms with Gasteiger partial charge in [0.15, 0.2) is 0 Å². The van der Waals surface area contributed by atoms with E-state index in [4.69, 9.17) is 4.74 Å². The molecule has 4 rings (SSSR count). The van der Waals surface area contributed by atoms with Gasteiger partial charge in [0.05, 0.1) is 18.9 Å².